The summed E-state index contributed by atoms with van der Waals surface area (Å²) in [5, 5.41) is 0. The van der Waals surface area contributed by atoms with E-state index in [1.54, 1.807) is 6.92 Å². The Balaban J connectivity index is 1.94. The molecule has 0 atom stereocenters. The van der Waals surface area contributed by atoms with Crippen LogP contribution in [0.25, 0.3) is 0 Å². The highest BCUT2D eigenvalue weighted by Gasteiger charge is 2.24. The van der Waals surface area contributed by atoms with E-state index in [1.165, 1.54) is 0 Å². The third-order valence-electron chi connectivity index (χ3n) is 4.27. The van der Waals surface area contributed by atoms with Gasteiger partial charge in [-0.3, -0.25) is 4.98 Å². The molecule has 0 aliphatic carbocycles. The second kappa shape index (κ2) is 6.52. The lowest BCUT2D eigenvalue weighted by atomic mass is 9.93. The quantitative estimate of drug-likeness (QED) is 0.851. The normalized spacial score (nSPS) is 17.7. The van der Waals surface area contributed by atoms with Gasteiger partial charge in [0.15, 0.2) is 0 Å². The zero-order chi connectivity index (χ0) is 16.4. The number of aromatic nitrogens is 2. The Morgan fingerprint density at radius 3 is 2.27 bits per heavy atom. The van der Waals surface area contributed by atoms with Crippen molar-refractivity contribution >= 4 is 15.7 Å². The van der Waals surface area contributed by atoms with E-state index in [4.69, 9.17) is 0 Å². The predicted molar refractivity (Wildman–Crippen MR) is 90.0 cm³/mol. The van der Waals surface area contributed by atoms with E-state index < -0.39 is 9.84 Å². The molecule has 0 N–H and O–H groups in total. The zero-order valence-electron chi connectivity index (χ0n) is 14.0. The van der Waals surface area contributed by atoms with Crippen LogP contribution in [0.5, 0.6) is 0 Å². The minimum Gasteiger partial charge on any atom is -0.355 e. The topological polar surface area (TPSA) is 63.2 Å². The highest BCUT2D eigenvalue weighted by Crippen LogP contribution is 2.24. The fourth-order valence-electron chi connectivity index (χ4n) is 2.68. The van der Waals surface area contributed by atoms with Crippen LogP contribution < -0.4 is 4.90 Å². The number of nitrogens with zero attached hydrogens (tertiary/aromatic N) is 3. The molecule has 5 nitrogen and oxygen atoms in total. The molecule has 0 radical (unpaired) electrons. The van der Waals surface area contributed by atoms with Gasteiger partial charge in [0.2, 0.25) is 0 Å². The van der Waals surface area contributed by atoms with Crippen LogP contribution in [0.1, 0.15) is 46.2 Å². The van der Waals surface area contributed by atoms with E-state index in [-0.39, 0.29) is 17.1 Å². The summed E-state index contributed by atoms with van der Waals surface area (Å²) in [5.41, 5.74) is 0.993. The van der Waals surface area contributed by atoms with Crippen LogP contribution in [-0.2, 0) is 15.3 Å². The summed E-state index contributed by atoms with van der Waals surface area (Å²) < 4.78 is 23.4. The number of rotatable bonds is 4. The third-order valence-corrected chi connectivity index (χ3v) is 6.13. The molecule has 0 bridgehead atoms. The molecule has 0 unspecified atom stereocenters. The van der Waals surface area contributed by atoms with E-state index >= 15 is 0 Å². The lowest BCUT2D eigenvalue weighted by Gasteiger charge is -2.32. The Hall–Kier alpha value is -1.17. The van der Waals surface area contributed by atoms with Crippen LogP contribution in [0, 0.1) is 5.92 Å². The lowest BCUT2D eigenvalue weighted by Crippen LogP contribution is -2.36. The molecule has 22 heavy (non-hydrogen) atoms. The van der Waals surface area contributed by atoms with Gasteiger partial charge in [-0.25, -0.2) is 13.4 Å². The third kappa shape index (κ3) is 4.41. The fourth-order valence-corrected chi connectivity index (χ4v) is 3.96. The molecule has 1 aromatic rings. The first-order valence-electron chi connectivity index (χ1n) is 7.99. The average Bonchev–Trinajstić information content (AvgIpc) is 2.47. The second-order valence-electron chi connectivity index (χ2n) is 7.14. The molecular formula is C16H27N3O2S. The Bertz CT molecular complexity index is 583. The standard InChI is InChI=1S/C16H27N3O2S/c1-5-22(20,21)12-13-6-8-19(9-7-13)15-11-17-14(10-18-15)16(2,3)4/h10-11,13H,5-9,12H2,1-4H3. The molecule has 6 heteroatoms. The van der Waals surface area contributed by atoms with E-state index in [0.29, 0.717) is 5.75 Å². The average molecular weight is 325 g/mol. The van der Waals surface area contributed by atoms with Crippen molar-refractivity contribution in [2.75, 3.05) is 29.5 Å². The maximum absolute atomic E-state index is 11.7. The molecule has 124 valence electrons. The molecule has 2 heterocycles. The highest BCUT2D eigenvalue weighted by atomic mass is 32.2. The molecule has 1 aliphatic heterocycles. The molecule has 0 amide bonds. The number of hydrogen-bond acceptors (Lipinski definition) is 5. The Labute approximate surface area is 134 Å². The SMILES string of the molecule is CCS(=O)(=O)CC1CCN(c2cnc(C(C)(C)C)cn2)CC1. The maximum Gasteiger partial charge on any atom is 0.150 e. The number of anilines is 1. The molecule has 2 rings (SSSR count). The first kappa shape index (κ1) is 17.2. The van der Waals surface area contributed by atoms with E-state index in [1.807, 2.05) is 12.4 Å². The number of hydrogen-bond donors (Lipinski definition) is 0. The van der Waals surface area contributed by atoms with Gasteiger partial charge in [0.25, 0.3) is 0 Å². The number of piperidine rings is 1. The van der Waals surface area contributed by atoms with Crippen molar-refractivity contribution in [1.82, 2.24) is 9.97 Å². The molecule has 1 saturated heterocycles. The van der Waals surface area contributed by atoms with Crippen LogP contribution in [0.15, 0.2) is 12.4 Å². The first-order valence-corrected chi connectivity index (χ1v) is 9.81. The maximum atomic E-state index is 11.7. The summed E-state index contributed by atoms with van der Waals surface area (Å²) in [6.07, 6.45) is 5.50. The van der Waals surface area contributed by atoms with Gasteiger partial charge in [0, 0.05) is 24.3 Å². The second-order valence-corrected chi connectivity index (χ2v) is 9.54. The minimum absolute atomic E-state index is 0.00698. The van der Waals surface area contributed by atoms with Crippen LogP contribution >= 0.6 is 0 Å². The largest absolute Gasteiger partial charge is 0.355 e. The summed E-state index contributed by atoms with van der Waals surface area (Å²) in [6, 6.07) is 0. The van der Waals surface area contributed by atoms with Crippen molar-refractivity contribution in [3.8, 4) is 0 Å². The van der Waals surface area contributed by atoms with Crippen LogP contribution in [-0.4, -0.2) is 43.0 Å². The zero-order valence-corrected chi connectivity index (χ0v) is 14.9. The molecule has 1 fully saturated rings. The van der Waals surface area contributed by atoms with Gasteiger partial charge in [-0.2, -0.15) is 0 Å². The lowest BCUT2D eigenvalue weighted by molar-refractivity contribution is 0.433. The molecule has 1 aromatic heterocycles. The summed E-state index contributed by atoms with van der Waals surface area (Å²) >= 11 is 0. The summed E-state index contributed by atoms with van der Waals surface area (Å²) in [6.45, 7) is 9.79. The molecule has 0 aromatic carbocycles. The fraction of sp³-hybridized carbons (Fsp3) is 0.750. The number of sulfone groups is 1. The molecular weight excluding hydrogens is 298 g/mol. The van der Waals surface area contributed by atoms with Crippen molar-refractivity contribution in [2.45, 2.75) is 46.0 Å². The minimum atomic E-state index is -2.87. The van der Waals surface area contributed by atoms with Crippen LogP contribution in [0.4, 0.5) is 5.82 Å². The van der Waals surface area contributed by atoms with Crippen LogP contribution in [0.2, 0.25) is 0 Å². The van der Waals surface area contributed by atoms with Gasteiger partial charge < -0.3 is 4.90 Å². The van der Waals surface area contributed by atoms with Gasteiger partial charge in [0.05, 0.1) is 23.8 Å². The van der Waals surface area contributed by atoms with E-state index in [9.17, 15) is 8.42 Å². The van der Waals surface area contributed by atoms with Gasteiger partial charge >= 0.3 is 0 Å². The monoisotopic (exact) mass is 325 g/mol. The van der Waals surface area contributed by atoms with Gasteiger partial charge in [-0.15, -0.1) is 0 Å². The van der Waals surface area contributed by atoms with Crippen molar-refractivity contribution in [1.29, 1.82) is 0 Å². The van der Waals surface area contributed by atoms with Gasteiger partial charge in [-0.05, 0) is 18.8 Å². The smallest absolute Gasteiger partial charge is 0.150 e. The van der Waals surface area contributed by atoms with Gasteiger partial charge in [0.1, 0.15) is 15.7 Å². The van der Waals surface area contributed by atoms with Crippen molar-refractivity contribution in [3.63, 3.8) is 0 Å². The van der Waals surface area contributed by atoms with Crippen molar-refractivity contribution in [2.24, 2.45) is 5.92 Å². The summed E-state index contributed by atoms with van der Waals surface area (Å²) in [4.78, 5) is 11.2. The van der Waals surface area contributed by atoms with Crippen LogP contribution in [0.3, 0.4) is 0 Å². The Kier molecular flexibility index (Phi) is 5.10. The van der Waals surface area contributed by atoms with E-state index in [2.05, 4.69) is 35.6 Å². The first-order chi connectivity index (χ1) is 10.2. The van der Waals surface area contributed by atoms with Crippen molar-refractivity contribution in [3.05, 3.63) is 18.1 Å². The predicted octanol–water partition coefficient (Wildman–Crippen LogP) is 2.43. The summed E-state index contributed by atoms with van der Waals surface area (Å²) in [5.74, 6) is 1.74. The van der Waals surface area contributed by atoms with Gasteiger partial charge in [-0.1, -0.05) is 27.7 Å². The Morgan fingerprint density at radius 2 is 1.82 bits per heavy atom. The summed E-state index contributed by atoms with van der Waals surface area (Å²) in [7, 11) is -2.87. The Morgan fingerprint density at radius 1 is 1.18 bits per heavy atom. The molecule has 0 saturated carbocycles. The van der Waals surface area contributed by atoms with Crippen molar-refractivity contribution < 1.29 is 8.42 Å². The molecule has 1 aliphatic rings. The van der Waals surface area contributed by atoms with E-state index in [0.717, 1.165) is 37.4 Å². The molecule has 0 spiro atoms. The highest BCUT2D eigenvalue weighted by molar-refractivity contribution is 7.91.